The topological polar surface area (TPSA) is 75.3 Å². The molecule has 0 aliphatic carbocycles. The molecule has 0 bridgehead atoms. The van der Waals surface area contributed by atoms with E-state index in [0.29, 0.717) is 27.9 Å². The third-order valence-corrected chi connectivity index (χ3v) is 4.51. The maximum atomic E-state index is 12.9. The monoisotopic (exact) mass is 372 g/mol. The molecule has 0 aliphatic rings. The van der Waals surface area contributed by atoms with E-state index >= 15 is 0 Å². The Labute approximate surface area is 163 Å². The number of hydrogen-bond donors (Lipinski definition) is 2. The molecule has 0 spiro atoms. The Morgan fingerprint density at radius 1 is 0.679 bits per heavy atom. The summed E-state index contributed by atoms with van der Waals surface area (Å²) in [4.78, 5) is 37.7. The van der Waals surface area contributed by atoms with Crippen LogP contribution >= 0.6 is 0 Å². The second-order valence-corrected chi connectivity index (χ2v) is 6.25. The van der Waals surface area contributed by atoms with Gasteiger partial charge in [0.25, 0.3) is 11.8 Å². The molecule has 3 aromatic carbocycles. The average molecular weight is 372 g/mol. The van der Waals surface area contributed by atoms with Gasteiger partial charge in [-0.2, -0.15) is 0 Å². The van der Waals surface area contributed by atoms with E-state index < -0.39 is 5.91 Å². The van der Waals surface area contributed by atoms with Crippen molar-refractivity contribution in [3.8, 4) is 0 Å². The summed E-state index contributed by atoms with van der Waals surface area (Å²) in [7, 11) is 1.55. The number of amides is 2. The van der Waals surface area contributed by atoms with E-state index in [1.807, 2.05) is 6.07 Å². The molecule has 28 heavy (non-hydrogen) atoms. The van der Waals surface area contributed by atoms with Gasteiger partial charge in [-0.1, -0.05) is 54.6 Å². The van der Waals surface area contributed by atoms with E-state index in [1.165, 1.54) is 0 Å². The van der Waals surface area contributed by atoms with E-state index in [0.717, 1.165) is 0 Å². The number of anilines is 1. The van der Waals surface area contributed by atoms with Crippen LogP contribution in [0, 0.1) is 6.92 Å². The number of benzene rings is 3. The summed E-state index contributed by atoms with van der Waals surface area (Å²) in [6.45, 7) is 1.77. The van der Waals surface area contributed by atoms with Crippen LogP contribution in [0.1, 0.15) is 42.2 Å². The SMILES string of the molecule is CNC(=O)c1cccc(NC(=O)c2ccccc2C(=O)c2ccccc2)c1C. The molecule has 140 valence electrons. The van der Waals surface area contributed by atoms with E-state index in [4.69, 9.17) is 0 Å². The molecule has 3 aromatic rings. The standard InChI is InChI=1S/C23H20N2O3/c1-15-17(22(27)24-2)13-8-14-20(15)25-23(28)19-12-7-6-11-18(19)21(26)16-9-4-3-5-10-16/h3-14H,1-2H3,(H,24,27)(H,25,28). The van der Waals surface area contributed by atoms with Crippen molar-refractivity contribution in [2.75, 3.05) is 12.4 Å². The minimum atomic E-state index is -0.406. The molecule has 0 unspecified atom stereocenters. The van der Waals surface area contributed by atoms with Gasteiger partial charge in [0, 0.05) is 29.4 Å². The van der Waals surface area contributed by atoms with Gasteiger partial charge in [0.05, 0.1) is 5.56 Å². The molecule has 2 amide bonds. The summed E-state index contributed by atoms with van der Waals surface area (Å²) in [6, 6.07) is 20.6. The first kappa shape index (κ1) is 19.0. The first-order valence-electron chi connectivity index (χ1n) is 8.84. The predicted octanol–water partition coefficient (Wildman–Crippen LogP) is 3.84. The van der Waals surface area contributed by atoms with Gasteiger partial charge < -0.3 is 10.6 Å². The zero-order valence-electron chi connectivity index (χ0n) is 15.7. The molecule has 5 nitrogen and oxygen atoms in total. The minimum absolute atomic E-state index is 0.220. The molecule has 0 fully saturated rings. The van der Waals surface area contributed by atoms with Crippen LogP contribution in [0.2, 0.25) is 0 Å². The van der Waals surface area contributed by atoms with Gasteiger partial charge in [-0.15, -0.1) is 0 Å². The van der Waals surface area contributed by atoms with Gasteiger partial charge in [0.1, 0.15) is 0 Å². The highest BCUT2D eigenvalue weighted by molar-refractivity contribution is 6.17. The Morgan fingerprint density at radius 3 is 1.96 bits per heavy atom. The molecule has 3 rings (SSSR count). The Bertz CT molecular complexity index is 1040. The Balaban J connectivity index is 1.93. The lowest BCUT2D eigenvalue weighted by molar-refractivity contribution is 0.0960. The van der Waals surface area contributed by atoms with E-state index in [9.17, 15) is 14.4 Å². The molecule has 2 N–H and O–H groups in total. The lowest BCUT2D eigenvalue weighted by Crippen LogP contribution is -2.21. The fourth-order valence-corrected chi connectivity index (χ4v) is 2.97. The third-order valence-electron chi connectivity index (χ3n) is 4.51. The van der Waals surface area contributed by atoms with Gasteiger partial charge in [-0.05, 0) is 30.7 Å². The van der Waals surface area contributed by atoms with Crippen LogP contribution in [0.25, 0.3) is 0 Å². The van der Waals surface area contributed by atoms with Gasteiger partial charge in [0.15, 0.2) is 5.78 Å². The van der Waals surface area contributed by atoms with Crippen molar-refractivity contribution in [3.05, 3.63) is 101 Å². The normalized spacial score (nSPS) is 10.2. The third kappa shape index (κ3) is 3.83. The fraction of sp³-hybridized carbons (Fsp3) is 0.0870. The molecule has 0 atom stereocenters. The van der Waals surface area contributed by atoms with Crippen LogP contribution in [0.15, 0.2) is 72.8 Å². The number of carbonyl (C=O) groups is 3. The number of rotatable bonds is 5. The van der Waals surface area contributed by atoms with Crippen LogP contribution < -0.4 is 10.6 Å². The Morgan fingerprint density at radius 2 is 1.29 bits per heavy atom. The summed E-state index contributed by atoms with van der Waals surface area (Å²) in [5.74, 6) is -0.854. The Hall–Kier alpha value is -3.73. The summed E-state index contributed by atoms with van der Waals surface area (Å²) in [5.41, 5.74) is 2.78. The Kier molecular flexibility index (Phi) is 5.65. The zero-order valence-corrected chi connectivity index (χ0v) is 15.7. The van der Waals surface area contributed by atoms with Crippen LogP contribution in [0.5, 0.6) is 0 Å². The van der Waals surface area contributed by atoms with Crippen LogP contribution in [-0.4, -0.2) is 24.6 Å². The zero-order chi connectivity index (χ0) is 20.1. The van der Waals surface area contributed by atoms with Crippen molar-refractivity contribution in [3.63, 3.8) is 0 Å². The second-order valence-electron chi connectivity index (χ2n) is 6.25. The summed E-state index contributed by atoms with van der Waals surface area (Å²) >= 11 is 0. The molecule has 5 heteroatoms. The molecule has 0 aliphatic heterocycles. The van der Waals surface area contributed by atoms with Gasteiger partial charge in [-0.25, -0.2) is 0 Å². The molecular formula is C23H20N2O3. The van der Waals surface area contributed by atoms with E-state index in [-0.39, 0.29) is 17.3 Å². The average Bonchev–Trinajstić information content (AvgIpc) is 2.74. The molecular weight excluding hydrogens is 352 g/mol. The van der Waals surface area contributed by atoms with Crippen molar-refractivity contribution in [2.24, 2.45) is 0 Å². The smallest absolute Gasteiger partial charge is 0.256 e. The van der Waals surface area contributed by atoms with E-state index in [2.05, 4.69) is 10.6 Å². The van der Waals surface area contributed by atoms with Crippen LogP contribution in [0.4, 0.5) is 5.69 Å². The molecule has 0 aromatic heterocycles. The highest BCUT2D eigenvalue weighted by Gasteiger charge is 2.19. The number of carbonyl (C=O) groups excluding carboxylic acids is 3. The van der Waals surface area contributed by atoms with Crippen LogP contribution in [-0.2, 0) is 0 Å². The summed E-state index contributed by atoms with van der Waals surface area (Å²) in [6.07, 6.45) is 0. The lowest BCUT2D eigenvalue weighted by Gasteiger charge is -2.13. The quantitative estimate of drug-likeness (QED) is 0.668. The van der Waals surface area contributed by atoms with Crippen molar-refractivity contribution in [1.29, 1.82) is 0 Å². The summed E-state index contributed by atoms with van der Waals surface area (Å²) in [5, 5.41) is 5.40. The first-order valence-corrected chi connectivity index (χ1v) is 8.84. The highest BCUT2D eigenvalue weighted by Crippen LogP contribution is 2.21. The van der Waals surface area contributed by atoms with Crippen molar-refractivity contribution < 1.29 is 14.4 Å². The first-order chi connectivity index (χ1) is 13.5. The molecule has 0 saturated carbocycles. The van der Waals surface area contributed by atoms with Gasteiger partial charge >= 0.3 is 0 Å². The van der Waals surface area contributed by atoms with Crippen molar-refractivity contribution in [1.82, 2.24) is 5.32 Å². The largest absolute Gasteiger partial charge is 0.355 e. The second kappa shape index (κ2) is 8.31. The van der Waals surface area contributed by atoms with Gasteiger partial charge in [0.2, 0.25) is 0 Å². The van der Waals surface area contributed by atoms with Crippen molar-refractivity contribution in [2.45, 2.75) is 6.92 Å². The lowest BCUT2D eigenvalue weighted by atomic mass is 9.97. The van der Waals surface area contributed by atoms with E-state index in [1.54, 1.807) is 80.7 Å². The molecule has 0 heterocycles. The maximum Gasteiger partial charge on any atom is 0.256 e. The number of hydrogen-bond acceptors (Lipinski definition) is 3. The highest BCUT2D eigenvalue weighted by atomic mass is 16.2. The number of ketones is 1. The van der Waals surface area contributed by atoms with Gasteiger partial charge in [-0.3, -0.25) is 14.4 Å². The fourth-order valence-electron chi connectivity index (χ4n) is 2.97. The van der Waals surface area contributed by atoms with Crippen molar-refractivity contribution >= 4 is 23.3 Å². The molecule has 0 radical (unpaired) electrons. The maximum absolute atomic E-state index is 12.9. The van der Waals surface area contributed by atoms with Crippen LogP contribution in [0.3, 0.4) is 0 Å². The summed E-state index contributed by atoms with van der Waals surface area (Å²) < 4.78 is 0. The molecule has 0 saturated heterocycles. The number of nitrogens with one attached hydrogen (secondary N) is 2. The predicted molar refractivity (Wildman–Crippen MR) is 109 cm³/mol. The minimum Gasteiger partial charge on any atom is -0.355 e.